The van der Waals surface area contributed by atoms with Gasteiger partial charge in [0.15, 0.2) is 0 Å². The van der Waals surface area contributed by atoms with Crippen molar-refractivity contribution in [2.24, 2.45) is 5.92 Å². The van der Waals surface area contributed by atoms with E-state index in [1.807, 2.05) is 30.3 Å². The molecule has 3 heterocycles. The molecule has 1 atom stereocenters. The van der Waals surface area contributed by atoms with Gasteiger partial charge in [0.1, 0.15) is 12.4 Å². The highest BCUT2D eigenvalue weighted by Crippen LogP contribution is 2.27. The first-order valence-corrected chi connectivity index (χ1v) is 9.56. The normalized spacial score (nSPS) is 23.2. The highest BCUT2D eigenvalue weighted by atomic mass is 35.5. The molecule has 3 saturated heterocycles. The predicted molar refractivity (Wildman–Crippen MR) is 117 cm³/mol. The van der Waals surface area contributed by atoms with E-state index in [2.05, 4.69) is 28.4 Å². The van der Waals surface area contributed by atoms with E-state index in [1.54, 1.807) is 0 Å². The van der Waals surface area contributed by atoms with Crippen molar-refractivity contribution in [1.82, 2.24) is 10.2 Å². The molecule has 3 aliphatic heterocycles. The van der Waals surface area contributed by atoms with E-state index >= 15 is 0 Å². The molecule has 27 heavy (non-hydrogen) atoms. The van der Waals surface area contributed by atoms with Gasteiger partial charge in [0.25, 0.3) is 0 Å². The van der Waals surface area contributed by atoms with E-state index in [4.69, 9.17) is 16.3 Å². The second-order valence-corrected chi connectivity index (χ2v) is 7.62. The maximum Gasteiger partial charge on any atom is 0.120 e. The van der Waals surface area contributed by atoms with Gasteiger partial charge in [-0.1, -0.05) is 35.9 Å². The SMILES string of the molecule is Cl.Cl.Clc1ccc(COc2cccc(CNC3CN4CCC3CC4)c2)cc1. The molecule has 0 aromatic heterocycles. The third-order valence-corrected chi connectivity index (χ3v) is 5.69. The molecule has 2 aromatic rings. The summed E-state index contributed by atoms with van der Waals surface area (Å²) in [7, 11) is 0. The number of hydrogen-bond donors (Lipinski definition) is 1. The Labute approximate surface area is 179 Å². The maximum absolute atomic E-state index is 5.93. The van der Waals surface area contributed by atoms with Gasteiger partial charge in [0, 0.05) is 24.2 Å². The Hall–Kier alpha value is -0.970. The summed E-state index contributed by atoms with van der Waals surface area (Å²) in [6.45, 7) is 5.26. The zero-order valence-electron chi connectivity index (χ0n) is 15.3. The van der Waals surface area contributed by atoms with Gasteiger partial charge in [-0.15, -0.1) is 24.8 Å². The first-order valence-electron chi connectivity index (χ1n) is 9.18. The number of nitrogens with zero attached hydrogens (tertiary/aromatic N) is 1. The number of nitrogens with one attached hydrogen (secondary N) is 1. The molecule has 1 N–H and O–H groups in total. The van der Waals surface area contributed by atoms with Crippen LogP contribution in [0.15, 0.2) is 48.5 Å². The average molecular weight is 430 g/mol. The lowest BCUT2D eigenvalue weighted by Gasteiger charge is -2.45. The van der Waals surface area contributed by atoms with E-state index in [0.29, 0.717) is 12.6 Å². The third kappa shape index (κ3) is 6.00. The molecule has 6 heteroatoms. The largest absolute Gasteiger partial charge is 0.489 e. The van der Waals surface area contributed by atoms with Crippen LogP contribution in [0.25, 0.3) is 0 Å². The van der Waals surface area contributed by atoms with Crippen LogP contribution in [0.3, 0.4) is 0 Å². The summed E-state index contributed by atoms with van der Waals surface area (Å²) >= 11 is 5.92. The molecule has 0 aliphatic carbocycles. The number of ether oxygens (including phenoxy) is 1. The second-order valence-electron chi connectivity index (χ2n) is 7.19. The topological polar surface area (TPSA) is 24.5 Å². The van der Waals surface area contributed by atoms with Crippen LogP contribution in [0.5, 0.6) is 5.75 Å². The minimum absolute atomic E-state index is 0. The summed E-state index contributed by atoms with van der Waals surface area (Å²) in [5.74, 6) is 1.78. The number of halogens is 3. The van der Waals surface area contributed by atoms with Crippen molar-refractivity contribution in [2.75, 3.05) is 19.6 Å². The Morgan fingerprint density at radius 1 is 1.00 bits per heavy atom. The molecule has 3 nitrogen and oxygen atoms in total. The van der Waals surface area contributed by atoms with Crippen molar-refractivity contribution in [1.29, 1.82) is 0 Å². The summed E-state index contributed by atoms with van der Waals surface area (Å²) < 4.78 is 5.93. The highest BCUT2D eigenvalue weighted by Gasteiger charge is 2.33. The molecule has 148 valence electrons. The van der Waals surface area contributed by atoms with Crippen LogP contribution in [-0.4, -0.2) is 30.6 Å². The van der Waals surface area contributed by atoms with Crippen molar-refractivity contribution in [3.8, 4) is 5.75 Å². The number of piperidine rings is 3. The Balaban J connectivity index is 0.00000131. The Morgan fingerprint density at radius 3 is 2.41 bits per heavy atom. The van der Waals surface area contributed by atoms with Crippen LogP contribution in [0.1, 0.15) is 24.0 Å². The summed E-state index contributed by atoms with van der Waals surface area (Å²) in [5.41, 5.74) is 2.41. The van der Waals surface area contributed by atoms with E-state index in [9.17, 15) is 0 Å². The highest BCUT2D eigenvalue weighted by molar-refractivity contribution is 6.30. The molecule has 1 unspecified atom stereocenters. The quantitative estimate of drug-likeness (QED) is 0.703. The smallest absolute Gasteiger partial charge is 0.120 e. The molecule has 3 fully saturated rings. The minimum Gasteiger partial charge on any atom is -0.489 e. The predicted octanol–water partition coefficient (Wildman–Crippen LogP) is 4.95. The number of hydrogen-bond acceptors (Lipinski definition) is 3. The van der Waals surface area contributed by atoms with Gasteiger partial charge < -0.3 is 15.0 Å². The van der Waals surface area contributed by atoms with Crippen molar-refractivity contribution in [2.45, 2.75) is 32.0 Å². The van der Waals surface area contributed by atoms with Crippen LogP contribution < -0.4 is 10.1 Å². The van der Waals surface area contributed by atoms with Crippen molar-refractivity contribution in [3.05, 3.63) is 64.7 Å². The van der Waals surface area contributed by atoms with E-state index < -0.39 is 0 Å². The number of fused-ring (bicyclic) bond motifs is 3. The number of benzene rings is 2. The molecule has 5 rings (SSSR count). The molecular weight excluding hydrogens is 403 g/mol. The first-order chi connectivity index (χ1) is 12.3. The van der Waals surface area contributed by atoms with E-state index in [-0.39, 0.29) is 24.8 Å². The van der Waals surface area contributed by atoms with Gasteiger partial charge in [-0.3, -0.25) is 0 Å². The standard InChI is InChI=1S/C21H25ClN2O.2ClH/c22-19-6-4-16(5-7-19)15-25-20-3-1-2-17(12-20)13-23-21-14-24-10-8-18(21)9-11-24;;/h1-7,12,18,21,23H,8-11,13-15H2;2*1H. The van der Waals surface area contributed by atoms with Gasteiger partial charge in [-0.05, 0) is 67.2 Å². The average Bonchev–Trinajstić information content (AvgIpc) is 2.67. The molecule has 0 amide bonds. The maximum atomic E-state index is 5.93. The van der Waals surface area contributed by atoms with Crippen LogP contribution in [-0.2, 0) is 13.2 Å². The molecule has 0 radical (unpaired) electrons. The van der Waals surface area contributed by atoms with Gasteiger partial charge in [-0.25, -0.2) is 0 Å². The second kappa shape index (κ2) is 10.5. The van der Waals surface area contributed by atoms with Gasteiger partial charge in [0.05, 0.1) is 0 Å². The zero-order chi connectivity index (χ0) is 17.1. The molecule has 2 aromatic carbocycles. The summed E-state index contributed by atoms with van der Waals surface area (Å²) in [5, 5.41) is 4.52. The first kappa shape index (κ1) is 22.3. The minimum atomic E-state index is 0. The van der Waals surface area contributed by atoms with Crippen LogP contribution >= 0.6 is 36.4 Å². The lowest BCUT2D eigenvalue weighted by molar-refractivity contribution is 0.0720. The summed E-state index contributed by atoms with van der Waals surface area (Å²) in [6.07, 6.45) is 2.70. The van der Waals surface area contributed by atoms with Crippen LogP contribution in [0, 0.1) is 5.92 Å². The molecule has 2 bridgehead atoms. The monoisotopic (exact) mass is 428 g/mol. The lowest BCUT2D eigenvalue weighted by atomic mass is 9.84. The summed E-state index contributed by atoms with van der Waals surface area (Å²) in [6, 6.07) is 16.8. The molecule has 0 spiro atoms. The fourth-order valence-electron chi connectivity index (χ4n) is 3.94. The van der Waals surface area contributed by atoms with Crippen molar-refractivity contribution < 1.29 is 4.74 Å². The fourth-order valence-corrected chi connectivity index (χ4v) is 4.06. The zero-order valence-corrected chi connectivity index (χ0v) is 17.7. The van der Waals surface area contributed by atoms with Gasteiger partial charge in [0.2, 0.25) is 0 Å². The lowest BCUT2D eigenvalue weighted by Crippen LogP contribution is -2.55. The van der Waals surface area contributed by atoms with E-state index in [0.717, 1.165) is 28.8 Å². The summed E-state index contributed by atoms with van der Waals surface area (Å²) in [4.78, 5) is 2.59. The van der Waals surface area contributed by atoms with E-state index in [1.165, 1.54) is 38.0 Å². The number of rotatable bonds is 6. The third-order valence-electron chi connectivity index (χ3n) is 5.44. The van der Waals surface area contributed by atoms with Crippen LogP contribution in [0.2, 0.25) is 5.02 Å². The molecule has 0 saturated carbocycles. The Kier molecular flexibility index (Phi) is 8.71. The van der Waals surface area contributed by atoms with Crippen molar-refractivity contribution in [3.63, 3.8) is 0 Å². The van der Waals surface area contributed by atoms with Crippen LogP contribution in [0.4, 0.5) is 0 Å². The van der Waals surface area contributed by atoms with Gasteiger partial charge >= 0.3 is 0 Å². The molecule has 3 aliphatic rings. The fraction of sp³-hybridized carbons (Fsp3) is 0.429. The van der Waals surface area contributed by atoms with Gasteiger partial charge in [-0.2, -0.15) is 0 Å². The Bertz CT molecular complexity index is 703. The van der Waals surface area contributed by atoms with Crippen molar-refractivity contribution >= 4 is 36.4 Å². The molecular formula is C21H27Cl3N2O. The Morgan fingerprint density at radius 2 is 1.74 bits per heavy atom.